The van der Waals surface area contributed by atoms with Crippen LogP contribution in [-0.2, 0) is 13.0 Å². The van der Waals surface area contributed by atoms with E-state index < -0.39 is 0 Å². The molecular weight excluding hydrogens is 214 g/mol. The second kappa shape index (κ2) is 5.25. The van der Waals surface area contributed by atoms with Crippen molar-refractivity contribution in [2.24, 2.45) is 5.73 Å². The molecule has 0 bridgehead atoms. The quantitative estimate of drug-likeness (QED) is 0.816. The normalized spacial score (nSPS) is 11.5. The highest BCUT2D eigenvalue weighted by atomic mass is 15.2. The Kier molecular flexibility index (Phi) is 3.71. The molecule has 17 heavy (non-hydrogen) atoms. The number of pyridine rings is 1. The van der Waals surface area contributed by atoms with Crippen molar-refractivity contribution in [3.05, 3.63) is 24.2 Å². The molecular formula is C12H19N5. The maximum Gasteiger partial charge on any atom is 0.160 e. The summed E-state index contributed by atoms with van der Waals surface area (Å²) in [4.78, 5) is 11.1. The Bertz CT molecular complexity index is 489. The predicted molar refractivity (Wildman–Crippen MR) is 68.8 cm³/mol. The summed E-state index contributed by atoms with van der Waals surface area (Å²) in [5, 5.41) is 0. The number of likely N-dealkylation sites (N-methyl/N-ethyl adjacent to an activating group) is 1. The molecule has 0 aliphatic carbocycles. The molecule has 2 heterocycles. The monoisotopic (exact) mass is 233 g/mol. The van der Waals surface area contributed by atoms with Crippen LogP contribution in [0.2, 0.25) is 0 Å². The van der Waals surface area contributed by atoms with Crippen LogP contribution in [0.4, 0.5) is 0 Å². The van der Waals surface area contributed by atoms with E-state index in [9.17, 15) is 0 Å². The zero-order chi connectivity index (χ0) is 12.3. The first kappa shape index (κ1) is 12.0. The molecule has 2 aromatic heterocycles. The lowest BCUT2D eigenvalue weighted by molar-refractivity contribution is 0.383. The Balaban J connectivity index is 2.37. The van der Waals surface area contributed by atoms with Crippen molar-refractivity contribution < 1.29 is 0 Å². The second-order valence-corrected chi connectivity index (χ2v) is 4.37. The maximum absolute atomic E-state index is 5.62. The van der Waals surface area contributed by atoms with Crippen LogP contribution < -0.4 is 5.73 Å². The summed E-state index contributed by atoms with van der Waals surface area (Å²) in [6, 6.07) is 3.91. The summed E-state index contributed by atoms with van der Waals surface area (Å²) in [7, 11) is 4.13. The van der Waals surface area contributed by atoms with Gasteiger partial charge in [0.25, 0.3) is 0 Å². The smallest absolute Gasteiger partial charge is 0.160 e. The predicted octanol–water partition coefficient (Wildman–Crippen LogP) is 0.494. The van der Waals surface area contributed by atoms with Crippen LogP contribution in [0.1, 0.15) is 5.82 Å². The molecule has 2 rings (SSSR count). The fraction of sp³-hybridized carbons (Fsp3) is 0.500. The molecule has 2 aromatic rings. The molecule has 5 heteroatoms. The Morgan fingerprint density at radius 2 is 2.24 bits per heavy atom. The molecule has 0 atom stereocenters. The molecule has 0 saturated heterocycles. The van der Waals surface area contributed by atoms with E-state index in [1.54, 1.807) is 0 Å². The summed E-state index contributed by atoms with van der Waals surface area (Å²) in [5.74, 6) is 1.03. The average Bonchev–Trinajstić information content (AvgIpc) is 2.64. The number of aromatic nitrogens is 3. The SMILES string of the molecule is CN(C)CCn1c(CCN)nc2cccnc21. The highest BCUT2D eigenvalue weighted by Crippen LogP contribution is 2.13. The minimum absolute atomic E-state index is 0.616. The molecule has 0 aliphatic heterocycles. The van der Waals surface area contributed by atoms with E-state index in [0.717, 1.165) is 36.5 Å². The van der Waals surface area contributed by atoms with Gasteiger partial charge in [-0.2, -0.15) is 0 Å². The zero-order valence-electron chi connectivity index (χ0n) is 10.4. The van der Waals surface area contributed by atoms with Crippen molar-refractivity contribution in [1.29, 1.82) is 0 Å². The Morgan fingerprint density at radius 3 is 2.94 bits per heavy atom. The number of fused-ring (bicyclic) bond motifs is 1. The van der Waals surface area contributed by atoms with Gasteiger partial charge >= 0.3 is 0 Å². The highest BCUT2D eigenvalue weighted by molar-refractivity contribution is 5.71. The summed E-state index contributed by atoms with van der Waals surface area (Å²) in [6.07, 6.45) is 2.60. The van der Waals surface area contributed by atoms with Crippen LogP contribution in [0.3, 0.4) is 0 Å². The lowest BCUT2D eigenvalue weighted by Gasteiger charge is -2.12. The molecule has 5 nitrogen and oxygen atoms in total. The first-order valence-corrected chi connectivity index (χ1v) is 5.87. The van der Waals surface area contributed by atoms with E-state index in [1.807, 2.05) is 18.3 Å². The molecule has 0 spiro atoms. The van der Waals surface area contributed by atoms with Crippen molar-refractivity contribution in [3.8, 4) is 0 Å². The van der Waals surface area contributed by atoms with Crippen LogP contribution in [0, 0.1) is 0 Å². The molecule has 0 amide bonds. The van der Waals surface area contributed by atoms with E-state index in [0.29, 0.717) is 6.54 Å². The summed E-state index contributed by atoms with van der Waals surface area (Å²) in [6.45, 7) is 2.49. The third-order valence-corrected chi connectivity index (χ3v) is 2.72. The Labute approximate surface area is 101 Å². The van der Waals surface area contributed by atoms with Gasteiger partial charge in [0.2, 0.25) is 0 Å². The topological polar surface area (TPSA) is 60.0 Å². The number of imidazole rings is 1. The van der Waals surface area contributed by atoms with Gasteiger partial charge in [0.05, 0.1) is 0 Å². The second-order valence-electron chi connectivity index (χ2n) is 4.37. The molecule has 0 fully saturated rings. The number of hydrogen-bond acceptors (Lipinski definition) is 4. The van der Waals surface area contributed by atoms with Gasteiger partial charge in [-0.3, -0.25) is 0 Å². The van der Waals surface area contributed by atoms with Crippen LogP contribution >= 0.6 is 0 Å². The van der Waals surface area contributed by atoms with Crippen LogP contribution in [0.25, 0.3) is 11.2 Å². The summed E-state index contributed by atoms with van der Waals surface area (Å²) in [5.41, 5.74) is 7.53. The number of hydrogen-bond donors (Lipinski definition) is 1. The lowest BCUT2D eigenvalue weighted by atomic mass is 10.4. The van der Waals surface area contributed by atoms with Gasteiger partial charge in [0, 0.05) is 25.7 Å². The van der Waals surface area contributed by atoms with Gasteiger partial charge in [-0.15, -0.1) is 0 Å². The first-order chi connectivity index (χ1) is 8.22. The largest absolute Gasteiger partial charge is 0.330 e. The minimum atomic E-state index is 0.616. The van der Waals surface area contributed by atoms with Gasteiger partial charge < -0.3 is 15.2 Å². The van der Waals surface area contributed by atoms with E-state index >= 15 is 0 Å². The van der Waals surface area contributed by atoms with Crippen molar-refractivity contribution in [1.82, 2.24) is 19.4 Å². The van der Waals surface area contributed by atoms with Gasteiger partial charge in [-0.25, -0.2) is 9.97 Å². The maximum atomic E-state index is 5.62. The van der Waals surface area contributed by atoms with Gasteiger partial charge in [-0.05, 0) is 32.8 Å². The first-order valence-electron chi connectivity index (χ1n) is 5.87. The zero-order valence-corrected chi connectivity index (χ0v) is 10.4. The third-order valence-electron chi connectivity index (χ3n) is 2.72. The molecule has 0 unspecified atom stereocenters. The van der Waals surface area contributed by atoms with Crippen LogP contribution in [-0.4, -0.2) is 46.6 Å². The lowest BCUT2D eigenvalue weighted by Crippen LogP contribution is -2.20. The van der Waals surface area contributed by atoms with Crippen molar-refractivity contribution in [2.45, 2.75) is 13.0 Å². The summed E-state index contributed by atoms with van der Waals surface area (Å²) < 4.78 is 2.17. The minimum Gasteiger partial charge on any atom is -0.330 e. The molecule has 0 radical (unpaired) electrons. The van der Waals surface area contributed by atoms with Crippen molar-refractivity contribution in [2.75, 3.05) is 27.2 Å². The molecule has 0 aliphatic rings. The third kappa shape index (κ3) is 2.62. The standard InChI is InChI=1S/C12H19N5/c1-16(2)8-9-17-11(5-6-13)15-10-4-3-7-14-12(10)17/h3-4,7H,5-6,8-9,13H2,1-2H3. The molecule has 0 saturated carbocycles. The average molecular weight is 233 g/mol. The van der Waals surface area contributed by atoms with E-state index in [-0.39, 0.29) is 0 Å². The van der Waals surface area contributed by atoms with Crippen molar-refractivity contribution in [3.63, 3.8) is 0 Å². The van der Waals surface area contributed by atoms with E-state index in [4.69, 9.17) is 5.73 Å². The number of nitrogens with two attached hydrogens (primary N) is 1. The van der Waals surface area contributed by atoms with Gasteiger partial charge in [0.1, 0.15) is 11.3 Å². The van der Waals surface area contributed by atoms with Crippen LogP contribution in [0.5, 0.6) is 0 Å². The Morgan fingerprint density at radius 1 is 1.41 bits per heavy atom. The molecule has 0 aromatic carbocycles. The molecule has 2 N–H and O–H groups in total. The fourth-order valence-corrected chi connectivity index (χ4v) is 1.86. The number of nitrogens with zero attached hydrogens (tertiary/aromatic N) is 4. The summed E-state index contributed by atoms with van der Waals surface area (Å²) >= 11 is 0. The van der Waals surface area contributed by atoms with Gasteiger partial charge in [-0.1, -0.05) is 0 Å². The van der Waals surface area contributed by atoms with Crippen molar-refractivity contribution >= 4 is 11.2 Å². The Hall–Kier alpha value is -1.46. The fourth-order valence-electron chi connectivity index (χ4n) is 1.86. The van der Waals surface area contributed by atoms with Gasteiger partial charge in [0.15, 0.2) is 5.65 Å². The number of rotatable bonds is 5. The highest BCUT2D eigenvalue weighted by Gasteiger charge is 2.10. The molecule has 92 valence electrons. The van der Waals surface area contributed by atoms with E-state index in [1.165, 1.54) is 0 Å². The van der Waals surface area contributed by atoms with Crippen LogP contribution in [0.15, 0.2) is 18.3 Å². The van der Waals surface area contributed by atoms with E-state index in [2.05, 4.69) is 33.5 Å².